The molecule has 0 radical (unpaired) electrons. The van der Waals surface area contributed by atoms with Crippen LogP contribution in [0.25, 0.3) is 10.8 Å². The van der Waals surface area contributed by atoms with E-state index in [4.69, 9.17) is 15.9 Å². The first kappa shape index (κ1) is 23.0. The molecule has 0 atom stereocenters. The Morgan fingerprint density at radius 1 is 1.09 bits per heavy atom. The predicted octanol–water partition coefficient (Wildman–Crippen LogP) is 2.73. The van der Waals surface area contributed by atoms with Crippen LogP contribution in [0.4, 0.5) is 5.69 Å². The fourth-order valence-corrected chi connectivity index (χ4v) is 4.89. The minimum atomic E-state index is -3.75. The largest absolute Gasteiger partial charge is 0.490 e. The molecule has 174 valence electrons. The van der Waals surface area contributed by atoms with Crippen LogP contribution in [-0.2, 0) is 16.8 Å². The molecule has 4 rings (SSSR count). The van der Waals surface area contributed by atoms with Crippen molar-refractivity contribution in [3.63, 3.8) is 0 Å². The lowest BCUT2D eigenvalue weighted by molar-refractivity contribution is 0.162. The summed E-state index contributed by atoms with van der Waals surface area (Å²) in [5.74, 6) is 0.725. The zero-order chi connectivity index (χ0) is 23.4. The monoisotopic (exact) mass is 467 g/mol. The van der Waals surface area contributed by atoms with Crippen molar-refractivity contribution in [2.75, 3.05) is 24.4 Å². The van der Waals surface area contributed by atoms with Crippen LogP contribution in [0.5, 0.6) is 5.75 Å². The van der Waals surface area contributed by atoms with E-state index in [9.17, 15) is 8.42 Å². The van der Waals surface area contributed by atoms with Crippen LogP contribution < -0.4 is 24.8 Å². The van der Waals surface area contributed by atoms with E-state index in [0.29, 0.717) is 11.3 Å². The van der Waals surface area contributed by atoms with Crippen LogP contribution in [-0.4, -0.2) is 40.5 Å². The number of benzene rings is 3. The van der Waals surface area contributed by atoms with Gasteiger partial charge < -0.3 is 15.8 Å². The predicted molar refractivity (Wildman–Crippen MR) is 132 cm³/mol. The van der Waals surface area contributed by atoms with Crippen molar-refractivity contribution in [2.45, 2.75) is 25.5 Å². The molecule has 1 aliphatic rings. The smallest absolute Gasteiger partial charge is 0.301 e. The van der Waals surface area contributed by atoms with Gasteiger partial charge in [-0.1, -0.05) is 24.3 Å². The Kier molecular flexibility index (Phi) is 6.83. The van der Waals surface area contributed by atoms with E-state index in [1.807, 2.05) is 42.5 Å². The summed E-state index contributed by atoms with van der Waals surface area (Å²) in [6.07, 6.45) is 2.08. The molecular weight excluding hydrogens is 438 g/mol. The SMILES string of the molecule is CNS(=O)(=O)N(Cc1ccc2ccc(C(=N)N)cc2c1)c1ccc(OC2CCNCC2)cc1. The number of hydrogen-bond donors (Lipinski definition) is 4. The van der Waals surface area contributed by atoms with Crippen LogP contribution in [0.15, 0.2) is 60.7 Å². The molecule has 0 saturated carbocycles. The van der Waals surface area contributed by atoms with Gasteiger partial charge in [-0.05, 0) is 78.7 Å². The Hall–Kier alpha value is -3.14. The maximum Gasteiger partial charge on any atom is 0.301 e. The lowest BCUT2D eigenvalue weighted by atomic mass is 10.0. The minimum absolute atomic E-state index is 0.00603. The fraction of sp³-hybridized carbons (Fsp3) is 0.292. The lowest BCUT2D eigenvalue weighted by Crippen LogP contribution is -2.38. The number of amidine groups is 1. The molecule has 0 spiro atoms. The van der Waals surface area contributed by atoms with Gasteiger partial charge in [-0.15, -0.1) is 0 Å². The van der Waals surface area contributed by atoms with Crippen molar-refractivity contribution in [2.24, 2.45) is 5.73 Å². The van der Waals surface area contributed by atoms with Gasteiger partial charge in [0.25, 0.3) is 0 Å². The first-order valence-corrected chi connectivity index (χ1v) is 12.4. The van der Waals surface area contributed by atoms with Gasteiger partial charge in [0.15, 0.2) is 0 Å². The summed E-state index contributed by atoms with van der Waals surface area (Å²) in [5.41, 5.74) is 7.61. The minimum Gasteiger partial charge on any atom is -0.490 e. The second-order valence-corrected chi connectivity index (χ2v) is 9.89. The van der Waals surface area contributed by atoms with Crippen molar-refractivity contribution in [1.29, 1.82) is 5.41 Å². The molecule has 0 bridgehead atoms. The third-order valence-corrected chi connectivity index (χ3v) is 7.24. The van der Waals surface area contributed by atoms with Crippen LogP contribution in [0.1, 0.15) is 24.0 Å². The molecule has 1 aliphatic heterocycles. The summed E-state index contributed by atoms with van der Waals surface area (Å²) in [5, 5.41) is 12.9. The van der Waals surface area contributed by atoms with Gasteiger partial charge in [0, 0.05) is 12.6 Å². The molecule has 0 amide bonds. The average molecular weight is 468 g/mol. The van der Waals surface area contributed by atoms with Crippen molar-refractivity contribution < 1.29 is 13.2 Å². The van der Waals surface area contributed by atoms with Crippen molar-refractivity contribution in [3.05, 3.63) is 71.8 Å². The van der Waals surface area contributed by atoms with E-state index in [2.05, 4.69) is 10.0 Å². The molecular formula is C24H29N5O3S. The van der Waals surface area contributed by atoms with Crippen molar-refractivity contribution >= 4 is 32.5 Å². The number of nitrogens with two attached hydrogens (primary N) is 1. The Morgan fingerprint density at radius 2 is 1.79 bits per heavy atom. The fourth-order valence-electron chi connectivity index (χ4n) is 3.95. The Morgan fingerprint density at radius 3 is 2.45 bits per heavy atom. The summed E-state index contributed by atoms with van der Waals surface area (Å²) in [6.45, 7) is 2.03. The van der Waals surface area contributed by atoms with Crippen LogP contribution in [0, 0.1) is 5.41 Å². The first-order valence-electron chi connectivity index (χ1n) is 10.9. The average Bonchev–Trinajstić information content (AvgIpc) is 2.83. The van der Waals surface area contributed by atoms with E-state index in [0.717, 1.165) is 48.0 Å². The van der Waals surface area contributed by atoms with Crippen molar-refractivity contribution in [3.8, 4) is 5.75 Å². The van der Waals surface area contributed by atoms with Gasteiger partial charge >= 0.3 is 10.2 Å². The maximum absolute atomic E-state index is 12.8. The number of hydrogen-bond acceptors (Lipinski definition) is 5. The van der Waals surface area contributed by atoms with E-state index in [-0.39, 0.29) is 18.5 Å². The topological polar surface area (TPSA) is 121 Å². The molecule has 0 aromatic heterocycles. The number of nitrogens with zero attached hydrogens (tertiary/aromatic N) is 1. The number of rotatable bonds is 8. The summed E-state index contributed by atoms with van der Waals surface area (Å²) in [7, 11) is -2.35. The molecule has 9 heteroatoms. The van der Waals surface area contributed by atoms with Gasteiger partial charge in [0.2, 0.25) is 0 Å². The van der Waals surface area contributed by atoms with Gasteiger partial charge in [-0.25, -0.2) is 4.72 Å². The lowest BCUT2D eigenvalue weighted by Gasteiger charge is -2.26. The molecule has 0 aliphatic carbocycles. The highest BCUT2D eigenvalue weighted by atomic mass is 32.2. The van der Waals surface area contributed by atoms with Gasteiger partial charge in [-0.3, -0.25) is 9.71 Å². The second-order valence-electron chi connectivity index (χ2n) is 8.09. The van der Waals surface area contributed by atoms with E-state index >= 15 is 0 Å². The van der Waals surface area contributed by atoms with Gasteiger partial charge in [0.1, 0.15) is 17.7 Å². The molecule has 8 nitrogen and oxygen atoms in total. The number of ether oxygens (including phenoxy) is 1. The highest BCUT2D eigenvalue weighted by Crippen LogP contribution is 2.26. The summed E-state index contributed by atoms with van der Waals surface area (Å²) in [4.78, 5) is 0. The van der Waals surface area contributed by atoms with Crippen LogP contribution >= 0.6 is 0 Å². The standard InChI is InChI=1S/C24H29N5O3S/c1-27-33(30,31)29(21-6-8-22(9-7-21)32-23-10-12-28-13-11-23)16-17-2-3-18-4-5-19(24(25)26)15-20(18)14-17/h2-9,14-15,23,27-28H,10-13,16H2,1H3,(H3,25,26). The zero-order valence-corrected chi connectivity index (χ0v) is 19.4. The number of piperidine rings is 1. The molecule has 3 aromatic carbocycles. The zero-order valence-electron chi connectivity index (χ0n) is 18.5. The molecule has 0 unspecified atom stereocenters. The normalized spacial score (nSPS) is 14.8. The maximum atomic E-state index is 12.8. The second kappa shape index (κ2) is 9.78. The summed E-state index contributed by atoms with van der Waals surface area (Å²) in [6, 6.07) is 18.5. The van der Waals surface area contributed by atoms with Crippen molar-refractivity contribution in [1.82, 2.24) is 10.0 Å². The Bertz CT molecular complexity index is 1240. The quantitative estimate of drug-likeness (QED) is 0.300. The molecule has 1 saturated heterocycles. The molecule has 1 fully saturated rings. The third-order valence-electron chi connectivity index (χ3n) is 5.80. The van der Waals surface area contributed by atoms with Crippen LogP contribution in [0.2, 0.25) is 0 Å². The number of anilines is 1. The highest BCUT2D eigenvalue weighted by molar-refractivity contribution is 7.90. The molecule has 5 N–H and O–H groups in total. The summed E-state index contributed by atoms with van der Waals surface area (Å²) < 4.78 is 35.5. The molecule has 3 aromatic rings. The van der Waals surface area contributed by atoms with E-state index in [1.165, 1.54) is 11.4 Å². The van der Waals surface area contributed by atoms with Gasteiger partial charge in [-0.2, -0.15) is 8.42 Å². The highest BCUT2D eigenvalue weighted by Gasteiger charge is 2.22. The van der Waals surface area contributed by atoms with E-state index in [1.54, 1.807) is 18.2 Å². The number of nitrogen functional groups attached to an aromatic ring is 1. The van der Waals surface area contributed by atoms with E-state index < -0.39 is 10.2 Å². The Labute approximate surface area is 194 Å². The Balaban J connectivity index is 1.59. The number of nitrogens with one attached hydrogen (secondary N) is 3. The van der Waals surface area contributed by atoms with Gasteiger partial charge in [0.05, 0.1) is 12.2 Å². The van der Waals surface area contributed by atoms with Crippen LogP contribution in [0.3, 0.4) is 0 Å². The number of fused-ring (bicyclic) bond motifs is 1. The molecule has 33 heavy (non-hydrogen) atoms. The third kappa shape index (κ3) is 5.44. The first-order chi connectivity index (χ1) is 15.9. The summed E-state index contributed by atoms with van der Waals surface area (Å²) >= 11 is 0. The molecule has 1 heterocycles.